The van der Waals surface area contributed by atoms with Crippen molar-refractivity contribution < 1.29 is 9.53 Å². The lowest BCUT2D eigenvalue weighted by atomic mass is 10.4. The summed E-state index contributed by atoms with van der Waals surface area (Å²) in [6.45, 7) is 9.77. The van der Waals surface area contributed by atoms with E-state index in [1.54, 1.807) is 6.92 Å². The Balaban J connectivity index is 2.64. The van der Waals surface area contributed by atoms with Crippen LogP contribution in [0.4, 0.5) is 5.95 Å². The van der Waals surface area contributed by atoms with Crippen LogP contribution in [0.25, 0.3) is 0 Å². The van der Waals surface area contributed by atoms with Crippen molar-refractivity contribution in [1.82, 2.24) is 14.8 Å². The molecule has 0 saturated heterocycles. The molecule has 0 aliphatic heterocycles. The van der Waals surface area contributed by atoms with Crippen LogP contribution in [-0.2, 0) is 9.53 Å². The summed E-state index contributed by atoms with van der Waals surface area (Å²) >= 11 is 1.37. The van der Waals surface area contributed by atoms with Crippen LogP contribution >= 0.6 is 11.8 Å². The molecule has 0 atom stereocenters. The first-order chi connectivity index (χ1) is 8.47. The monoisotopic (exact) mass is 270 g/mol. The fourth-order valence-corrected chi connectivity index (χ4v) is 2.28. The van der Waals surface area contributed by atoms with Crippen LogP contribution < -0.4 is 5.73 Å². The Kier molecular flexibility index (Phi) is 5.21. The van der Waals surface area contributed by atoms with Gasteiger partial charge < -0.3 is 10.5 Å². The fourth-order valence-electron chi connectivity index (χ4n) is 1.32. The quantitative estimate of drug-likeness (QED) is 0.481. The number of carbonyl (C=O) groups excluding carboxylic acids is 1. The Bertz CT molecular complexity index is 442. The van der Waals surface area contributed by atoms with Crippen LogP contribution in [0.3, 0.4) is 0 Å². The summed E-state index contributed by atoms with van der Waals surface area (Å²) in [5, 5.41) is 8.47. The van der Waals surface area contributed by atoms with Crippen LogP contribution in [0, 0.1) is 0 Å². The zero-order valence-electron chi connectivity index (χ0n) is 10.8. The molecule has 7 heteroatoms. The van der Waals surface area contributed by atoms with Gasteiger partial charge in [0.2, 0.25) is 5.95 Å². The minimum absolute atomic E-state index is 0.165. The molecule has 1 rings (SSSR count). The standard InChI is InChI=1S/C11H18N4O2S/c1-5-17-9(16)8(4)6-18-11-14-13-10(12)15(11)7(2)3/h7H,4-6H2,1-3H3,(H2,12,13). The lowest BCUT2D eigenvalue weighted by Crippen LogP contribution is -2.10. The number of esters is 1. The molecule has 0 saturated carbocycles. The average Bonchev–Trinajstić information content (AvgIpc) is 2.67. The molecule has 6 nitrogen and oxygen atoms in total. The lowest BCUT2D eigenvalue weighted by Gasteiger charge is -2.11. The molecule has 0 spiro atoms. The van der Waals surface area contributed by atoms with Crippen molar-refractivity contribution in [3.8, 4) is 0 Å². The summed E-state index contributed by atoms with van der Waals surface area (Å²) in [6.07, 6.45) is 0. The summed E-state index contributed by atoms with van der Waals surface area (Å²) in [5.41, 5.74) is 6.12. The van der Waals surface area contributed by atoms with Gasteiger partial charge in [0.05, 0.1) is 6.61 Å². The van der Waals surface area contributed by atoms with Gasteiger partial charge in [0.15, 0.2) is 5.16 Å². The zero-order valence-corrected chi connectivity index (χ0v) is 11.7. The van der Waals surface area contributed by atoms with Crippen molar-refractivity contribution in [2.75, 3.05) is 18.1 Å². The van der Waals surface area contributed by atoms with Gasteiger partial charge in [-0.1, -0.05) is 18.3 Å². The zero-order chi connectivity index (χ0) is 13.7. The van der Waals surface area contributed by atoms with Gasteiger partial charge in [0, 0.05) is 17.4 Å². The maximum absolute atomic E-state index is 11.4. The van der Waals surface area contributed by atoms with Crippen molar-refractivity contribution in [2.24, 2.45) is 0 Å². The molecule has 0 fully saturated rings. The Labute approximate surface area is 111 Å². The number of nitrogens with zero attached hydrogens (tertiary/aromatic N) is 3. The van der Waals surface area contributed by atoms with E-state index in [0.29, 0.717) is 29.0 Å². The SMILES string of the molecule is C=C(CSc1nnc(N)n1C(C)C)C(=O)OCC. The Morgan fingerprint density at radius 3 is 2.78 bits per heavy atom. The van der Waals surface area contributed by atoms with Gasteiger partial charge in [-0.25, -0.2) is 4.79 Å². The minimum Gasteiger partial charge on any atom is -0.463 e. The maximum atomic E-state index is 11.4. The van der Waals surface area contributed by atoms with E-state index in [-0.39, 0.29) is 12.0 Å². The molecule has 0 bridgehead atoms. The number of carbonyl (C=O) groups is 1. The van der Waals surface area contributed by atoms with E-state index in [1.165, 1.54) is 11.8 Å². The van der Waals surface area contributed by atoms with E-state index in [1.807, 2.05) is 18.4 Å². The number of aromatic nitrogens is 3. The van der Waals surface area contributed by atoms with Crippen LogP contribution in [0.5, 0.6) is 0 Å². The van der Waals surface area contributed by atoms with Crippen molar-refractivity contribution in [1.29, 1.82) is 0 Å². The molecule has 0 amide bonds. The molecular weight excluding hydrogens is 252 g/mol. The predicted molar refractivity (Wildman–Crippen MR) is 71.3 cm³/mol. The number of rotatable bonds is 6. The highest BCUT2D eigenvalue weighted by molar-refractivity contribution is 7.99. The number of ether oxygens (including phenoxy) is 1. The van der Waals surface area contributed by atoms with Crippen molar-refractivity contribution in [2.45, 2.75) is 32.0 Å². The number of anilines is 1. The maximum Gasteiger partial charge on any atom is 0.334 e. The first-order valence-electron chi connectivity index (χ1n) is 5.65. The van der Waals surface area contributed by atoms with Crippen molar-refractivity contribution in [3.63, 3.8) is 0 Å². The molecule has 0 aromatic carbocycles. The molecule has 100 valence electrons. The first-order valence-corrected chi connectivity index (χ1v) is 6.64. The van der Waals surface area contributed by atoms with Crippen LogP contribution in [-0.4, -0.2) is 33.1 Å². The summed E-state index contributed by atoms with van der Waals surface area (Å²) in [5.74, 6) is 0.395. The number of hydrogen-bond donors (Lipinski definition) is 1. The summed E-state index contributed by atoms with van der Waals surface area (Å²) in [4.78, 5) is 11.4. The third kappa shape index (κ3) is 3.49. The molecule has 0 radical (unpaired) electrons. The van der Waals surface area contributed by atoms with E-state index in [0.717, 1.165) is 0 Å². The minimum atomic E-state index is -0.381. The molecule has 1 heterocycles. The third-order valence-electron chi connectivity index (χ3n) is 2.15. The Morgan fingerprint density at radius 1 is 1.56 bits per heavy atom. The van der Waals surface area contributed by atoms with Gasteiger partial charge in [-0.15, -0.1) is 10.2 Å². The fraction of sp³-hybridized carbons (Fsp3) is 0.545. The Morgan fingerprint density at radius 2 is 2.22 bits per heavy atom. The van der Waals surface area contributed by atoms with Gasteiger partial charge in [-0.05, 0) is 20.8 Å². The van der Waals surface area contributed by atoms with Crippen LogP contribution in [0.2, 0.25) is 0 Å². The highest BCUT2D eigenvalue weighted by Crippen LogP contribution is 2.24. The highest BCUT2D eigenvalue weighted by Gasteiger charge is 2.15. The highest BCUT2D eigenvalue weighted by atomic mass is 32.2. The van der Waals surface area contributed by atoms with Crippen LogP contribution in [0.15, 0.2) is 17.3 Å². The molecule has 2 N–H and O–H groups in total. The van der Waals surface area contributed by atoms with Gasteiger partial charge in [-0.2, -0.15) is 0 Å². The predicted octanol–water partition coefficient (Wildman–Crippen LogP) is 1.65. The van der Waals surface area contributed by atoms with E-state index in [9.17, 15) is 4.79 Å². The van der Waals surface area contributed by atoms with Gasteiger partial charge >= 0.3 is 5.97 Å². The number of nitrogens with two attached hydrogens (primary N) is 1. The average molecular weight is 270 g/mol. The second kappa shape index (κ2) is 6.44. The van der Waals surface area contributed by atoms with Gasteiger partial charge in [-0.3, -0.25) is 4.57 Å². The topological polar surface area (TPSA) is 83.0 Å². The number of nitrogen functional groups attached to an aromatic ring is 1. The third-order valence-corrected chi connectivity index (χ3v) is 3.18. The van der Waals surface area contributed by atoms with Crippen molar-refractivity contribution in [3.05, 3.63) is 12.2 Å². The molecule has 0 aliphatic rings. The van der Waals surface area contributed by atoms with Crippen molar-refractivity contribution >= 4 is 23.7 Å². The normalized spacial score (nSPS) is 10.7. The molecule has 0 aliphatic carbocycles. The summed E-state index contributed by atoms with van der Waals surface area (Å²) in [7, 11) is 0. The smallest absolute Gasteiger partial charge is 0.334 e. The molecule has 0 unspecified atom stereocenters. The molecule has 18 heavy (non-hydrogen) atoms. The number of hydrogen-bond acceptors (Lipinski definition) is 6. The van der Waals surface area contributed by atoms with Gasteiger partial charge in [0.25, 0.3) is 0 Å². The summed E-state index contributed by atoms with van der Waals surface area (Å²) in [6, 6.07) is 0.165. The van der Waals surface area contributed by atoms with Crippen LogP contribution in [0.1, 0.15) is 26.8 Å². The lowest BCUT2D eigenvalue weighted by molar-refractivity contribution is -0.138. The molecule has 1 aromatic rings. The second-order valence-electron chi connectivity index (χ2n) is 3.92. The molecular formula is C11H18N4O2S. The van der Waals surface area contributed by atoms with Gasteiger partial charge in [0.1, 0.15) is 0 Å². The second-order valence-corrected chi connectivity index (χ2v) is 4.86. The molecule has 1 aromatic heterocycles. The number of thioether (sulfide) groups is 1. The largest absolute Gasteiger partial charge is 0.463 e. The van der Waals surface area contributed by atoms with E-state index >= 15 is 0 Å². The Hall–Kier alpha value is -1.50. The van der Waals surface area contributed by atoms with E-state index in [2.05, 4.69) is 16.8 Å². The van der Waals surface area contributed by atoms with E-state index in [4.69, 9.17) is 10.5 Å². The van der Waals surface area contributed by atoms with E-state index < -0.39 is 0 Å². The first kappa shape index (κ1) is 14.6. The summed E-state index contributed by atoms with van der Waals surface area (Å²) < 4.78 is 6.66.